The zero-order valence-electron chi connectivity index (χ0n) is 10.0. The summed E-state index contributed by atoms with van der Waals surface area (Å²) in [5.74, 6) is -0.743. The van der Waals surface area contributed by atoms with Gasteiger partial charge in [0.25, 0.3) is 5.91 Å². The third-order valence-electron chi connectivity index (χ3n) is 2.36. The van der Waals surface area contributed by atoms with Gasteiger partial charge >= 0.3 is 5.69 Å². The summed E-state index contributed by atoms with van der Waals surface area (Å²) in [5.41, 5.74) is -0.593. The van der Waals surface area contributed by atoms with Crippen molar-refractivity contribution < 1.29 is 9.72 Å². The number of hydrogen-bond donors (Lipinski definition) is 1. The lowest BCUT2D eigenvalue weighted by molar-refractivity contribution is -0.385. The topological polar surface area (TPSA) is 98.0 Å². The number of nitrogens with one attached hydrogen (secondary N) is 1. The molecule has 0 aliphatic heterocycles. The van der Waals surface area contributed by atoms with Gasteiger partial charge in [0.15, 0.2) is 5.15 Å². The van der Waals surface area contributed by atoms with Crippen molar-refractivity contribution in [3.05, 3.63) is 55.0 Å². The van der Waals surface area contributed by atoms with Crippen LogP contribution in [0, 0.1) is 10.1 Å². The van der Waals surface area contributed by atoms with Crippen molar-refractivity contribution in [1.82, 2.24) is 9.97 Å². The number of hydrogen-bond acceptors (Lipinski definition) is 5. The van der Waals surface area contributed by atoms with Crippen molar-refractivity contribution in [3.8, 4) is 0 Å². The Morgan fingerprint density at radius 1 is 1.33 bits per heavy atom. The number of nitrogens with zero attached hydrogens (tertiary/aromatic N) is 3. The molecule has 1 N–H and O–H groups in total. The lowest BCUT2D eigenvalue weighted by Crippen LogP contribution is -2.15. The molecule has 0 unspecified atom stereocenters. The molecule has 0 aliphatic rings. The molecular formula is C11H5BrCl2N4O3. The fraction of sp³-hybridized carbons (Fsp3) is 0. The molecule has 108 valence electrons. The van der Waals surface area contributed by atoms with E-state index < -0.39 is 16.5 Å². The second-order valence-electron chi connectivity index (χ2n) is 3.70. The quantitative estimate of drug-likeness (QED) is 0.488. The first-order valence-electron chi connectivity index (χ1n) is 5.31. The highest BCUT2D eigenvalue weighted by molar-refractivity contribution is 9.10. The van der Waals surface area contributed by atoms with E-state index in [0.717, 1.165) is 0 Å². The lowest BCUT2D eigenvalue weighted by atomic mass is 10.2. The summed E-state index contributed by atoms with van der Waals surface area (Å²) >= 11 is 14.7. The predicted octanol–water partition coefficient (Wildman–Crippen LogP) is 3.71. The summed E-state index contributed by atoms with van der Waals surface area (Å²) < 4.78 is 0.587. The van der Waals surface area contributed by atoms with Crippen LogP contribution < -0.4 is 5.32 Å². The Bertz CT molecular complexity index is 741. The first-order valence-corrected chi connectivity index (χ1v) is 6.86. The number of aromatic nitrogens is 2. The smallest absolute Gasteiger partial charge is 0.319 e. The zero-order valence-corrected chi connectivity index (χ0v) is 13.1. The number of carbonyl (C=O) groups excluding carboxylic acids is 1. The average molecular weight is 392 g/mol. The molecule has 0 radical (unpaired) electrons. The van der Waals surface area contributed by atoms with E-state index in [9.17, 15) is 14.9 Å². The number of anilines is 1. The molecule has 2 aromatic rings. The van der Waals surface area contributed by atoms with Gasteiger partial charge in [-0.15, -0.1) is 0 Å². The molecule has 1 amide bonds. The molecule has 0 spiro atoms. The molecule has 2 aromatic heterocycles. The Hall–Kier alpha value is -1.77. The van der Waals surface area contributed by atoms with Gasteiger partial charge in [-0.1, -0.05) is 23.2 Å². The Morgan fingerprint density at radius 3 is 2.71 bits per heavy atom. The van der Waals surface area contributed by atoms with Crippen LogP contribution in [-0.2, 0) is 0 Å². The number of pyridine rings is 2. The maximum Gasteiger partial charge on any atom is 0.319 e. The van der Waals surface area contributed by atoms with Gasteiger partial charge in [0, 0.05) is 16.9 Å². The molecule has 21 heavy (non-hydrogen) atoms. The van der Waals surface area contributed by atoms with Crippen LogP contribution in [0.4, 0.5) is 11.4 Å². The molecule has 7 nitrogen and oxygen atoms in total. The SMILES string of the molecule is O=C(Nc1cc(Br)cnc1Cl)c1ccnc(Cl)c1[N+](=O)[O-]. The summed E-state index contributed by atoms with van der Waals surface area (Å²) in [6.45, 7) is 0. The highest BCUT2D eigenvalue weighted by Crippen LogP contribution is 2.28. The number of nitro groups is 1. The van der Waals surface area contributed by atoms with Gasteiger partial charge in [0.2, 0.25) is 5.15 Å². The van der Waals surface area contributed by atoms with Crippen molar-refractivity contribution in [1.29, 1.82) is 0 Å². The summed E-state index contributed by atoms with van der Waals surface area (Å²) in [7, 11) is 0. The number of amides is 1. The molecule has 0 aliphatic carbocycles. The van der Waals surface area contributed by atoms with E-state index in [0.29, 0.717) is 4.47 Å². The molecule has 2 rings (SSSR count). The first kappa shape index (κ1) is 15.6. The minimum Gasteiger partial charge on any atom is -0.319 e. The van der Waals surface area contributed by atoms with Crippen LogP contribution >= 0.6 is 39.1 Å². The monoisotopic (exact) mass is 390 g/mol. The van der Waals surface area contributed by atoms with E-state index in [1.807, 2.05) is 0 Å². The Morgan fingerprint density at radius 2 is 2.05 bits per heavy atom. The minimum atomic E-state index is -0.773. The van der Waals surface area contributed by atoms with Crippen LogP contribution in [0.5, 0.6) is 0 Å². The van der Waals surface area contributed by atoms with Crippen LogP contribution in [-0.4, -0.2) is 20.8 Å². The van der Waals surface area contributed by atoms with Gasteiger partial charge in [0.1, 0.15) is 5.56 Å². The van der Waals surface area contributed by atoms with E-state index in [1.54, 1.807) is 0 Å². The second-order valence-corrected chi connectivity index (χ2v) is 5.33. The number of halogens is 3. The van der Waals surface area contributed by atoms with Gasteiger partial charge in [-0.3, -0.25) is 14.9 Å². The van der Waals surface area contributed by atoms with Gasteiger partial charge in [0.05, 0.1) is 10.6 Å². The highest BCUT2D eigenvalue weighted by Gasteiger charge is 2.25. The Balaban J connectivity index is 2.40. The van der Waals surface area contributed by atoms with Crippen LogP contribution in [0.15, 0.2) is 29.0 Å². The molecule has 0 aromatic carbocycles. The third-order valence-corrected chi connectivity index (χ3v) is 3.37. The molecule has 0 atom stereocenters. The summed E-state index contributed by atoms with van der Waals surface area (Å²) in [4.78, 5) is 29.8. The zero-order chi connectivity index (χ0) is 15.6. The molecule has 0 saturated heterocycles. The van der Waals surface area contributed by atoms with Crippen molar-refractivity contribution in [2.45, 2.75) is 0 Å². The van der Waals surface area contributed by atoms with Crippen LogP contribution in [0.3, 0.4) is 0 Å². The molecule has 2 heterocycles. The van der Waals surface area contributed by atoms with Crippen molar-refractivity contribution in [2.24, 2.45) is 0 Å². The maximum atomic E-state index is 12.2. The molecular weight excluding hydrogens is 387 g/mol. The largest absolute Gasteiger partial charge is 0.319 e. The van der Waals surface area contributed by atoms with Crippen molar-refractivity contribution in [3.63, 3.8) is 0 Å². The van der Waals surface area contributed by atoms with Crippen LogP contribution in [0.1, 0.15) is 10.4 Å². The maximum absolute atomic E-state index is 12.2. The standard InChI is InChI=1S/C11H5BrCl2N4O3/c12-5-3-7(9(13)16-4-5)17-11(19)6-1-2-15-10(14)8(6)18(20)21/h1-4H,(H,17,19). The second kappa shape index (κ2) is 6.33. The molecule has 0 saturated carbocycles. The van der Waals surface area contributed by atoms with Crippen LogP contribution in [0.25, 0.3) is 0 Å². The van der Waals surface area contributed by atoms with E-state index in [4.69, 9.17) is 23.2 Å². The normalized spacial score (nSPS) is 10.2. The fourth-order valence-corrected chi connectivity index (χ4v) is 2.19. The molecule has 0 bridgehead atoms. The summed E-state index contributed by atoms with van der Waals surface area (Å²) in [6.07, 6.45) is 2.65. The van der Waals surface area contributed by atoms with Crippen molar-refractivity contribution in [2.75, 3.05) is 5.32 Å². The van der Waals surface area contributed by atoms with E-state index >= 15 is 0 Å². The molecule has 0 fully saturated rings. The fourth-order valence-electron chi connectivity index (χ4n) is 1.49. The van der Waals surface area contributed by atoms with E-state index in [-0.39, 0.29) is 21.6 Å². The predicted molar refractivity (Wildman–Crippen MR) is 80.8 cm³/mol. The summed E-state index contributed by atoms with van der Waals surface area (Å²) in [5, 5.41) is 13.1. The lowest BCUT2D eigenvalue weighted by Gasteiger charge is -2.07. The minimum absolute atomic E-state index is 0.0503. The van der Waals surface area contributed by atoms with Crippen LogP contribution in [0.2, 0.25) is 10.3 Å². The van der Waals surface area contributed by atoms with Crippen molar-refractivity contribution >= 4 is 56.4 Å². The highest BCUT2D eigenvalue weighted by atomic mass is 79.9. The van der Waals surface area contributed by atoms with Gasteiger partial charge in [-0.2, -0.15) is 0 Å². The van der Waals surface area contributed by atoms with Gasteiger partial charge in [-0.05, 0) is 28.1 Å². The van der Waals surface area contributed by atoms with E-state index in [2.05, 4.69) is 31.2 Å². The molecule has 10 heteroatoms. The number of carbonyl (C=O) groups is 1. The summed E-state index contributed by atoms with van der Waals surface area (Å²) in [6, 6.07) is 2.71. The van der Waals surface area contributed by atoms with Gasteiger partial charge < -0.3 is 5.32 Å². The first-order chi connectivity index (χ1) is 9.90. The third kappa shape index (κ3) is 3.46. The Kier molecular flexibility index (Phi) is 4.71. The average Bonchev–Trinajstić information content (AvgIpc) is 2.42. The van der Waals surface area contributed by atoms with E-state index in [1.165, 1.54) is 24.5 Å². The number of rotatable bonds is 3. The van der Waals surface area contributed by atoms with Gasteiger partial charge in [-0.25, -0.2) is 9.97 Å². The Labute approximate surface area is 136 Å².